The fourth-order valence-electron chi connectivity index (χ4n) is 2.29. The van der Waals surface area contributed by atoms with Crippen molar-refractivity contribution in [3.63, 3.8) is 0 Å². The van der Waals surface area contributed by atoms with E-state index >= 15 is 0 Å². The SMILES string of the molecule is CCCCOC(=O)CNCC1CCC(C)CC1. The Morgan fingerprint density at radius 1 is 1.29 bits per heavy atom. The van der Waals surface area contributed by atoms with Crippen LogP contribution in [0.1, 0.15) is 52.4 Å². The third kappa shape index (κ3) is 6.67. The van der Waals surface area contributed by atoms with Gasteiger partial charge in [-0.15, -0.1) is 0 Å². The van der Waals surface area contributed by atoms with E-state index < -0.39 is 0 Å². The van der Waals surface area contributed by atoms with Crippen LogP contribution in [0.4, 0.5) is 0 Å². The van der Waals surface area contributed by atoms with Crippen LogP contribution in [-0.4, -0.2) is 25.7 Å². The molecule has 1 aliphatic rings. The summed E-state index contributed by atoms with van der Waals surface area (Å²) < 4.78 is 5.09. The maximum atomic E-state index is 11.3. The number of carbonyl (C=O) groups is 1. The Hall–Kier alpha value is -0.570. The van der Waals surface area contributed by atoms with E-state index in [2.05, 4.69) is 19.2 Å². The van der Waals surface area contributed by atoms with Crippen LogP contribution in [0.2, 0.25) is 0 Å². The first-order chi connectivity index (χ1) is 8.22. The van der Waals surface area contributed by atoms with Crippen LogP contribution in [0.25, 0.3) is 0 Å². The van der Waals surface area contributed by atoms with Gasteiger partial charge in [-0.1, -0.05) is 33.1 Å². The van der Waals surface area contributed by atoms with E-state index in [1.165, 1.54) is 25.7 Å². The van der Waals surface area contributed by atoms with Gasteiger partial charge in [0.15, 0.2) is 0 Å². The quantitative estimate of drug-likeness (QED) is 0.550. The predicted octanol–water partition coefficient (Wildman–Crippen LogP) is 2.75. The van der Waals surface area contributed by atoms with E-state index in [0.717, 1.165) is 31.2 Å². The topological polar surface area (TPSA) is 38.3 Å². The third-order valence-electron chi connectivity index (χ3n) is 3.60. The highest BCUT2D eigenvalue weighted by Gasteiger charge is 2.17. The highest BCUT2D eigenvalue weighted by atomic mass is 16.5. The van der Waals surface area contributed by atoms with Gasteiger partial charge in [0, 0.05) is 0 Å². The van der Waals surface area contributed by atoms with Crippen LogP contribution in [0, 0.1) is 11.8 Å². The van der Waals surface area contributed by atoms with Crippen molar-refractivity contribution in [2.75, 3.05) is 19.7 Å². The van der Waals surface area contributed by atoms with Crippen LogP contribution in [0.5, 0.6) is 0 Å². The van der Waals surface area contributed by atoms with Gasteiger partial charge >= 0.3 is 5.97 Å². The molecule has 1 rings (SSSR count). The lowest BCUT2D eigenvalue weighted by Crippen LogP contribution is -2.31. The Labute approximate surface area is 105 Å². The molecule has 0 unspecified atom stereocenters. The zero-order valence-electron chi connectivity index (χ0n) is 11.3. The van der Waals surface area contributed by atoms with E-state index in [4.69, 9.17) is 4.74 Å². The highest BCUT2D eigenvalue weighted by molar-refractivity contribution is 5.71. The normalized spacial score (nSPS) is 24.6. The second-order valence-electron chi connectivity index (χ2n) is 5.33. The molecular weight excluding hydrogens is 214 g/mol. The second kappa shape index (κ2) is 8.51. The van der Waals surface area contributed by atoms with Crippen molar-refractivity contribution >= 4 is 5.97 Å². The number of rotatable bonds is 7. The molecule has 1 N–H and O–H groups in total. The summed E-state index contributed by atoms with van der Waals surface area (Å²) in [5.41, 5.74) is 0. The maximum absolute atomic E-state index is 11.3. The first-order valence-electron chi connectivity index (χ1n) is 7.08. The molecule has 0 amide bonds. The van der Waals surface area contributed by atoms with E-state index in [0.29, 0.717) is 13.2 Å². The van der Waals surface area contributed by atoms with Crippen molar-refractivity contribution in [2.24, 2.45) is 11.8 Å². The molecular formula is C14H27NO2. The molecule has 0 aromatic rings. The third-order valence-corrected chi connectivity index (χ3v) is 3.60. The minimum Gasteiger partial charge on any atom is -0.465 e. The van der Waals surface area contributed by atoms with E-state index in [1.54, 1.807) is 0 Å². The first-order valence-corrected chi connectivity index (χ1v) is 7.08. The monoisotopic (exact) mass is 241 g/mol. The molecule has 3 heteroatoms. The van der Waals surface area contributed by atoms with Crippen LogP contribution < -0.4 is 5.32 Å². The zero-order chi connectivity index (χ0) is 12.5. The van der Waals surface area contributed by atoms with Crippen molar-refractivity contribution in [1.82, 2.24) is 5.32 Å². The summed E-state index contributed by atoms with van der Waals surface area (Å²) in [5.74, 6) is 1.54. The average Bonchev–Trinajstić information content (AvgIpc) is 2.32. The molecule has 0 radical (unpaired) electrons. The molecule has 0 atom stereocenters. The lowest BCUT2D eigenvalue weighted by atomic mass is 9.83. The number of carbonyl (C=O) groups excluding carboxylic acids is 1. The molecule has 1 fully saturated rings. The van der Waals surface area contributed by atoms with E-state index in [-0.39, 0.29) is 5.97 Å². The molecule has 0 aromatic heterocycles. The summed E-state index contributed by atoms with van der Waals surface area (Å²) in [4.78, 5) is 11.3. The number of unbranched alkanes of at least 4 members (excludes halogenated alkanes) is 1. The molecule has 0 aliphatic heterocycles. The Bertz CT molecular complexity index is 210. The minimum atomic E-state index is -0.109. The molecule has 1 aliphatic carbocycles. The Morgan fingerprint density at radius 3 is 2.65 bits per heavy atom. The molecule has 0 bridgehead atoms. The van der Waals surface area contributed by atoms with Gasteiger partial charge in [-0.05, 0) is 37.6 Å². The Balaban J connectivity index is 1.97. The fraction of sp³-hybridized carbons (Fsp3) is 0.929. The molecule has 100 valence electrons. The summed E-state index contributed by atoms with van der Waals surface area (Å²) in [6, 6.07) is 0. The predicted molar refractivity (Wildman–Crippen MR) is 69.9 cm³/mol. The molecule has 1 saturated carbocycles. The maximum Gasteiger partial charge on any atom is 0.319 e. The first kappa shape index (κ1) is 14.5. The van der Waals surface area contributed by atoms with Gasteiger partial charge in [0.25, 0.3) is 0 Å². The van der Waals surface area contributed by atoms with Gasteiger partial charge in [-0.2, -0.15) is 0 Å². The van der Waals surface area contributed by atoms with Gasteiger partial charge in [0.05, 0.1) is 13.2 Å². The Kier molecular flexibility index (Phi) is 7.25. The number of hydrogen-bond acceptors (Lipinski definition) is 3. The highest BCUT2D eigenvalue weighted by Crippen LogP contribution is 2.27. The van der Waals surface area contributed by atoms with Gasteiger partial charge < -0.3 is 10.1 Å². The van der Waals surface area contributed by atoms with Crippen LogP contribution in [0.3, 0.4) is 0 Å². The minimum absolute atomic E-state index is 0.109. The average molecular weight is 241 g/mol. The summed E-state index contributed by atoms with van der Waals surface area (Å²) in [5, 5.41) is 3.22. The van der Waals surface area contributed by atoms with Crippen molar-refractivity contribution in [3.8, 4) is 0 Å². The molecule has 0 spiro atoms. The van der Waals surface area contributed by atoms with Gasteiger partial charge in [0.2, 0.25) is 0 Å². The zero-order valence-corrected chi connectivity index (χ0v) is 11.3. The lowest BCUT2D eigenvalue weighted by Gasteiger charge is -2.26. The molecule has 0 aromatic carbocycles. The van der Waals surface area contributed by atoms with Crippen molar-refractivity contribution < 1.29 is 9.53 Å². The van der Waals surface area contributed by atoms with Crippen molar-refractivity contribution in [2.45, 2.75) is 52.4 Å². The summed E-state index contributed by atoms with van der Waals surface area (Å²) in [7, 11) is 0. The molecule has 0 saturated heterocycles. The number of esters is 1. The van der Waals surface area contributed by atoms with Gasteiger partial charge in [-0.3, -0.25) is 4.79 Å². The van der Waals surface area contributed by atoms with Gasteiger partial charge in [0.1, 0.15) is 0 Å². The lowest BCUT2D eigenvalue weighted by molar-refractivity contribution is -0.142. The molecule has 17 heavy (non-hydrogen) atoms. The van der Waals surface area contributed by atoms with Crippen molar-refractivity contribution in [3.05, 3.63) is 0 Å². The van der Waals surface area contributed by atoms with Crippen molar-refractivity contribution in [1.29, 1.82) is 0 Å². The number of nitrogens with one attached hydrogen (secondary N) is 1. The van der Waals surface area contributed by atoms with Crippen LogP contribution in [-0.2, 0) is 9.53 Å². The van der Waals surface area contributed by atoms with Crippen LogP contribution >= 0.6 is 0 Å². The smallest absolute Gasteiger partial charge is 0.319 e. The fourth-order valence-corrected chi connectivity index (χ4v) is 2.29. The Morgan fingerprint density at radius 2 is 2.00 bits per heavy atom. The number of hydrogen-bond donors (Lipinski definition) is 1. The van der Waals surface area contributed by atoms with E-state index in [9.17, 15) is 4.79 Å². The standard InChI is InChI=1S/C14H27NO2/c1-3-4-9-17-14(16)11-15-10-13-7-5-12(2)6-8-13/h12-13,15H,3-11H2,1-2H3. The second-order valence-corrected chi connectivity index (χ2v) is 5.33. The summed E-state index contributed by atoms with van der Waals surface area (Å²) >= 11 is 0. The van der Waals surface area contributed by atoms with Gasteiger partial charge in [-0.25, -0.2) is 0 Å². The molecule has 3 nitrogen and oxygen atoms in total. The summed E-state index contributed by atoms with van der Waals surface area (Å²) in [6.07, 6.45) is 7.33. The summed E-state index contributed by atoms with van der Waals surface area (Å²) in [6.45, 7) is 6.33. The van der Waals surface area contributed by atoms with E-state index in [1.807, 2.05) is 0 Å². The molecule has 0 heterocycles. The van der Waals surface area contributed by atoms with Crippen LogP contribution in [0.15, 0.2) is 0 Å². The number of ether oxygens (including phenoxy) is 1. The largest absolute Gasteiger partial charge is 0.465 e.